The predicted octanol–water partition coefficient (Wildman–Crippen LogP) is 3.53. The maximum absolute atomic E-state index is 12.3. The van der Waals surface area contributed by atoms with Crippen LogP contribution in [0.5, 0.6) is 5.75 Å². The Morgan fingerprint density at radius 1 is 1.29 bits per heavy atom. The zero-order valence-electron chi connectivity index (χ0n) is 11.6. The van der Waals surface area contributed by atoms with Crippen molar-refractivity contribution in [2.45, 2.75) is 0 Å². The van der Waals surface area contributed by atoms with Crippen molar-refractivity contribution in [1.29, 1.82) is 0 Å². The quantitative estimate of drug-likeness (QED) is 0.904. The molecular formula is C16H15BrN2O2. The molecule has 0 fully saturated rings. The highest BCUT2D eigenvalue weighted by molar-refractivity contribution is 9.10. The summed E-state index contributed by atoms with van der Waals surface area (Å²) in [7, 11) is 2.01. The number of rotatable bonds is 2. The molecule has 1 aliphatic rings. The molecule has 1 aliphatic heterocycles. The number of carbonyl (C=O) groups is 1. The molecule has 1 N–H and O–H groups in total. The first-order valence-electron chi connectivity index (χ1n) is 6.69. The van der Waals surface area contributed by atoms with Gasteiger partial charge in [0.2, 0.25) is 0 Å². The SMILES string of the molecule is CN1CCOc2ccc(NC(=O)c3ccccc3Br)cc21. The third-order valence-corrected chi connectivity index (χ3v) is 4.12. The van der Waals surface area contributed by atoms with E-state index in [1.807, 2.05) is 43.4 Å². The molecule has 108 valence electrons. The summed E-state index contributed by atoms with van der Waals surface area (Å²) in [4.78, 5) is 14.4. The van der Waals surface area contributed by atoms with Gasteiger partial charge in [0.1, 0.15) is 12.4 Å². The van der Waals surface area contributed by atoms with E-state index in [2.05, 4.69) is 26.1 Å². The zero-order valence-corrected chi connectivity index (χ0v) is 13.2. The first-order valence-corrected chi connectivity index (χ1v) is 7.48. The second kappa shape index (κ2) is 5.77. The van der Waals surface area contributed by atoms with Crippen LogP contribution in [0.1, 0.15) is 10.4 Å². The number of carbonyl (C=O) groups excluding carboxylic acids is 1. The molecule has 2 aromatic rings. The lowest BCUT2D eigenvalue weighted by atomic mass is 10.2. The molecule has 0 bridgehead atoms. The van der Waals surface area contributed by atoms with Gasteiger partial charge in [0, 0.05) is 17.2 Å². The molecule has 4 nitrogen and oxygen atoms in total. The van der Waals surface area contributed by atoms with Gasteiger partial charge < -0.3 is 15.0 Å². The van der Waals surface area contributed by atoms with Crippen LogP contribution < -0.4 is 15.0 Å². The van der Waals surface area contributed by atoms with Gasteiger partial charge in [-0.15, -0.1) is 0 Å². The Morgan fingerprint density at radius 2 is 2.10 bits per heavy atom. The summed E-state index contributed by atoms with van der Waals surface area (Å²) < 4.78 is 6.37. The van der Waals surface area contributed by atoms with E-state index in [1.54, 1.807) is 6.07 Å². The van der Waals surface area contributed by atoms with Gasteiger partial charge in [-0.3, -0.25) is 4.79 Å². The topological polar surface area (TPSA) is 41.6 Å². The number of nitrogens with zero attached hydrogens (tertiary/aromatic N) is 1. The van der Waals surface area contributed by atoms with Gasteiger partial charge in [-0.05, 0) is 46.3 Å². The van der Waals surface area contributed by atoms with E-state index >= 15 is 0 Å². The van der Waals surface area contributed by atoms with E-state index in [-0.39, 0.29) is 5.91 Å². The maximum Gasteiger partial charge on any atom is 0.256 e. The van der Waals surface area contributed by atoms with Gasteiger partial charge in [-0.2, -0.15) is 0 Å². The van der Waals surface area contributed by atoms with Gasteiger partial charge >= 0.3 is 0 Å². The average molecular weight is 347 g/mol. The Labute approximate surface area is 131 Å². The van der Waals surface area contributed by atoms with E-state index in [4.69, 9.17) is 4.74 Å². The molecule has 0 saturated carbocycles. The Bertz CT molecular complexity index is 688. The first-order chi connectivity index (χ1) is 10.1. The first kappa shape index (κ1) is 13.9. The van der Waals surface area contributed by atoms with Crippen LogP contribution >= 0.6 is 15.9 Å². The molecular weight excluding hydrogens is 332 g/mol. The number of halogens is 1. The van der Waals surface area contributed by atoms with Gasteiger partial charge in [0.05, 0.1) is 17.8 Å². The summed E-state index contributed by atoms with van der Waals surface area (Å²) in [6, 6.07) is 13.0. The molecule has 3 rings (SSSR count). The summed E-state index contributed by atoms with van der Waals surface area (Å²) in [5.74, 6) is 0.712. The Hall–Kier alpha value is -2.01. The van der Waals surface area contributed by atoms with Crippen molar-refractivity contribution < 1.29 is 9.53 Å². The monoisotopic (exact) mass is 346 g/mol. The van der Waals surface area contributed by atoms with Crippen LogP contribution in [-0.2, 0) is 0 Å². The van der Waals surface area contributed by atoms with Crippen molar-refractivity contribution in [3.8, 4) is 5.75 Å². The highest BCUT2D eigenvalue weighted by Crippen LogP contribution is 2.33. The van der Waals surface area contributed by atoms with Crippen LogP contribution in [-0.4, -0.2) is 26.1 Å². The van der Waals surface area contributed by atoms with Crippen LogP contribution in [0, 0.1) is 0 Å². The normalized spacial score (nSPS) is 13.3. The number of amides is 1. The van der Waals surface area contributed by atoms with Gasteiger partial charge in [0.25, 0.3) is 5.91 Å². The van der Waals surface area contributed by atoms with E-state index in [1.165, 1.54) is 0 Å². The fraction of sp³-hybridized carbons (Fsp3) is 0.188. The maximum atomic E-state index is 12.3. The van der Waals surface area contributed by atoms with Crippen molar-refractivity contribution in [1.82, 2.24) is 0 Å². The van der Waals surface area contributed by atoms with Gasteiger partial charge in [0.15, 0.2) is 0 Å². The van der Waals surface area contributed by atoms with E-state index in [9.17, 15) is 4.79 Å². The summed E-state index contributed by atoms with van der Waals surface area (Å²) >= 11 is 3.39. The van der Waals surface area contributed by atoms with Crippen LogP contribution in [0.15, 0.2) is 46.9 Å². The minimum absolute atomic E-state index is 0.137. The lowest BCUT2D eigenvalue weighted by Gasteiger charge is -2.28. The van der Waals surface area contributed by atoms with Crippen molar-refractivity contribution in [3.63, 3.8) is 0 Å². The second-order valence-corrected chi connectivity index (χ2v) is 5.74. The summed E-state index contributed by atoms with van der Waals surface area (Å²) in [6.45, 7) is 1.53. The lowest BCUT2D eigenvalue weighted by molar-refractivity contribution is 0.102. The van der Waals surface area contributed by atoms with Crippen molar-refractivity contribution in [2.24, 2.45) is 0 Å². The molecule has 0 spiro atoms. The number of hydrogen-bond acceptors (Lipinski definition) is 3. The Balaban J connectivity index is 1.84. The standard InChI is InChI=1S/C16H15BrN2O2/c1-19-8-9-21-15-7-6-11(10-14(15)19)18-16(20)12-4-2-3-5-13(12)17/h2-7,10H,8-9H2,1H3,(H,18,20). The minimum atomic E-state index is -0.137. The summed E-state index contributed by atoms with van der Waals surface area (Å²) in [6.07, 6.45) is 0. The number of ether oxygens (including phenoxy) is 1. The number of anilines is 2. The molecule has 1 heterocycles. The molecule has 1 amide bonds. The molecule has 21 heavy (non-hydrogen) atoms. The van der Waals surface area contributed by atoms with Crippen LogP contribution in [0.3, 0.4) is 0 Å². The van der Waals surface area contributed by atoms with Crippen LogP contribution in [0.4, 0.5) is 11.4 Å². The Morgan fingerprint density at radius 3 is 2.90 bits per heavy atom. The molecule has 0 saturated heterocycles. The highest BCUT2D eigenvalue weighted by atomic mass is 79.9. The molecule has 5 heteroatoms. The zero-order chi connectivity index (χ0) is 14.8. The fourth-order valence-electron chi connectivity index (χ4n) is 2.27. The number of benzene rings is 2. The number of nitrogens with one attached hydrogen (secondary N) is 1. The predicted molar refractivity (Wildman–Crippen MR) is 87.3 cm³/mol. The van der Waals surface area contributed by atoms with Crippen molar-refractivity contribution in [2.75, 3.05) is 30.4 Å². The number of fused-ring (bicyclic) bond motifs is 1. The largest absolute Gasteiger partial charge is 0.490 e. The van der Waals surface area contributed by atoms with E-state index < -0.39 is 0 Å². The number of likely N-dealkylation sites (N-methyl/N-ethyl adjacent to an activating group) is 1. The van der Waals surface area contributed by atoms with Gasteiger partial charge in [-0.1, -0.05) is 12.1 Å². The summed E-state index contributed by atoms with van der Waals surface area (Å²) in [5, 5.41) is 2.92. The molecule has 0 unspecified atom stereocenters. The lowest BCUT2D eigenvalue weighted by Crippen LogP contribution is -2.28. The molecule has 0 aromatic heterocycles. The minimum Gasteiger partial charge on any atom is -0.490 e. The highest BCUT2D eigenvalue weighted by Gasteiger charge is 2.16. The average Bonchev–Trinajstić information content (AvgIpc) is 2.48. The number of hydrogen-bond donors (Lipinski definition) is 1. The third-order valence-electron chi connectivity index (χ3n) is 3.43. The third kappa shape index (κ3) is 2.88. The Kier molecular flexibility index (Phi) is 3.84. The van der Waals surface area contributed by atoms with Crippen molar-refractivity contribution in [3.05, 3.63) is 52.5 Å². The molecule has 0 atom stereocenters. The van der Waals surface area contributed by atoms with Gasteiger partial charge in [-0.25, -0.2) is 0 Å². The van der Waals surface area contributed by atoms with Crippen LogP contribution in [0.25, 0.3) is 0 Å². The molecule has 2 aromatic carbocycles. The second-order valence-electron chi connectivity index (χ2n) is 4.89. The smallest absolute Gasteiger partial charge is 0.256 e. The van der Waals surface area contributed by atoms with Crippen LogP contribution in [0.2, 0.25) is 0 Å². The van der Waals surface area contributed by atoms with E-state index in [0.717, 1.165) is 28.1 Å². The molecule has 0 radical (unpaired) electrons. The molecule has 0 aliphatic carbocycles. The van der Waals surface area contributed by atoms with Crippen molar-refractivity contribution >= 4 is 33.2 Å². The van der Waals surface area contributed by atoms with E-state index in [0.29, 0.717) is 12.2 Å². The fourth-order valence-corrected chi connectivity index (χ4v) is 2.74. The summed E-state index contributed by atoms with van der Waals surface area (Å²) in [5.41, 5.74) is 2.36.